The molecule has 1 rings (SSSR count). The molecule has 0 fully saturated rings. The average Bonchev–Trinajstić information content (AvgIpc) is 2.41. The first-order valence-corrected chi connectivity index (χ1v) is 7.87. The lowest BCUT2D eigenvalue weighted by Crippen LogP contribution is -2.27. The fourth-order valence-corrected chi connectivity index (χ4v) is 2.52. The van der Waals surface area contributed by atoms with Crippen LogP contribution in [0.5, 0.6) is 0 Å². The second-order valence-corrected chi connectivity index (χ2v) is 5.52. The third kappa shape index (κ3) is 5.51. The molecule has 0 amide bonds. The van der Waals surface area contributed by atoms with Crippen LogP contribution in [0, 0.1) is 0 Å². The molecule has 19 heavy (non-hydrogen) atoms. The number of nitrogens with one attached hydrogen (secondary N) is 1. The Balaban J connectivity index is 2.83. The Hall–Kier alpha value is -0.580. The van der Waals surface area contributed by atoms with Crippen LogP contribution in [-0.2, 0) is 6.54 Å². The monoisotopic (exact) mass is 328 g/mol. The summed E-state index contributed by atoms with van der Waals surface area (Å²) >= 11 is 3.54. The molecule has 0 aromatic heterocycles. The summed E-state index contributed by atoms with van der Waals surface area (Å²) in [4.78, 5) is 2.33. The summed E-state index contributed by atoms with van der Waals surface area (Å²) in [5.41, 5.74) is 2.57. The molecule has 0 saturated carbocycles. The summed E-state index contributed by atoms with van der Waals surface area (Å²) < 4.78 is 1.11. The van der Waals surface area contributed by atoms with Crippen molar-refractivity contribution in [2.75, 3.05) is 31.1 Å². The van der Waals surface area contributed by atoms with Gasteiger partial charge in [-0.25, -0.2) is 0 Å². The Labute approximate surface area is 125 Å². The lowest BCUT2D eigenvalue weighted by atomic mass is 10.1. The topological polar surface area (TPSA) is 35.5 Å². The SMILES string of the molecule is CCCNCc1cc(Br)ccc1N(CC)CCCO. The first-order chi connectivity index (χ1) is 9.22. The van der Waals surface area contributed by atoms with E-state index in [0.717, 1.165) is 43.5 Å². The molecule has 4 heteroatoms. The smallest absolute Gasteiger partial charge is 0.0447 e. The molecule has 0 atom stereocenters. The van der Waals surface area contributed by atoms with Crippen LogP contribution in [0.2, 0.25) is 0 Å². The fourth-order valence-electron chi connectivity index (χ4n) is 2.11. The van der Waals surface area contributed by atoms with Crippen LogP contribution in [-0.4, -0.2) is 31.3 Å². The van der Waals surface area contributed by atoms with Crippen molar-refractivity contribution >= 4 is 21.6 Å². The second-order valence-electron chi connectivity index (χ2n) is 4.61. The first-order valence-electron chi connectivity index (χ1n) is 7.07. The molecule has 0 spiro atoms. The first kappa shape index (κ1) is 16.5. The largest absolute Gasteiger partial charge is 0.396 e. The van der Waals surface area contributed by atoms with Crippen LogP contribution < -0.4 is 10.2 Å². The molecule has 0 aliphatic carbocycles. The number of hydrogen-bond donors (Lipinski definition) is 2. The minimum atomic E-state index is 0.246. The highest BCUT2D eigenvalue weighted by Crippen LogP contribution is 2.25. The van der Waals surface area contributed by atoms with Gasteiger partial charge < -0.3 is 15.3 Å². The van der Waals surface area contributed by atoms with Gasteiger partial charge in [0.25, 0.3) is 0 Å². The van der Waals surface area contributed by atoms with Gasteiger partial charge in [0.05, 0.1) is 0 Å². The summed E-state index contributed by atoms with van der Waals surface area (Å²) in [7, 11) is 0. The molecule has 0 aliphatic heterocycles. The Kier molecular flexibility index (Phi) is 8.10. The molecule has 1 aromatic carbocycles. The summed E-state index contributed by atoms with van der Waals surface area (Å²) in [5, 5.41) is 12.5. The number of rotatable bonds is 9. The van der Waals surface area contributed by atoms with Gasteiger partial charge in [0, 0.05) is 36.4 Å². The van der Waals surface area contributed by atoms with E-state index in [0.29, 0.717) is 0 Å². The van der Waals surface area contributed by atoms with Gasteiger partial charge in [0.2, 0.25) is 0 Å². The molecule has 2 N–H and O–H groups in total. The van der Waals surface area contributed by atoms with Crippen molar-refractivity contribution in [3.63, 3.8) is 0 Å². The maximum atomic E-state index is 9.00. The summed E-state index contributed by atoms with van der Waals surface area (Å²) in [6, 6.07) is 6.42. The van der Waals surface area contributed by atoms with Crippen LogP contribution in [0.1, 0.15) is 32.3 Å². The normalized spacial score (nSPS) is 10.7. The molecule has 0 unspecified atom stereocenters. The quantitative estimate of drug-likeness (QED) is 0.683. The van der Waals surface area contributed by atoms with E-state index >= 15 is 0 Å². The molecule has 0 bridgehead atoms. The Morgan fingerprint density at radius 3 is 2.74 bits per heavy atom. The second kappa shape index (κ2) is 9.34. The van der Waals surface area contributed by atoms with Crippen LogP contribution in [0.3, 0.4) is 0 Å². The minimum Gasteiger partial charge on any atom is -0.396 e. The summed E-state index contributed by atoms with van der Waals surface area (Å²) in [6.45, 7) is 8.36. The molecule has 108 valence electrons. The maximum absolute atomic E-state index is 9.00. The zero-order chi connectivity index (χ0) is 14.1. The molecular formula is C15H25BrN2O. The van der Waals surface area contributed by atoms with Crippen LogP contribution in [0.4, 0.5) is 5.69 Å². The minimum absolute atomic E-state index is 0.246. The molecule has 0 radical (unpaired) electrons. The summed E-state index contributed by atoms with van der Waals surface area (Å²) in [5.74, 6) is 0. The van der Waals surface area contributed by atoms with Crippen LogP contribution in [0.15, 0.2) is 22.7 Å². The highest BCUT2D eigenvalue weighted by Gasteiger charge is 2.09. The number of halogens is 1. The maximum Gasteiger partial charge on any atom is 0.0447 e. The highest BCUT2D eigenvalue weighted by molar-refractivity contribution is 9.10. The fraction of sp³-hybridized carbons (Fsp3) is 0.600. The Morgan fingerprint density at radius 1 is 1.32 bits per heavy atom. The van der Waals surface area contributed by atoms with Gasteiger partial charge in [-0.15, -0.1) is 0 Å². The van der Waals surface area contributed by atoms with Crippen molar-refractivity contribution < 1.29 is 5.11 Å². The highest BCUT2D eigenvalue weighted by atomic mass is 79.9. The number of nitrogens with zero attached hydrogens (tertiary/aromatic N) is 1. The van der Waals surface area contributed by atoms with Gasteiger partial charge in [-0.05, 0) is 50.1 Å². The van der Waals surface area contributed by atoms with Gasteiger partial charge in [0.15, 0.2) is 0 Å². The van der Waals surface area contributed by atoms with Gasteiger partial charge >= 0.3 is 0 Å². The van der Waals surface area contributed by atoms with Gasteiger partial charge in [0.1, 0.15) is 0 Å². The van der Waals surface area contributed by atoms with Crippen molar-refractivity contribution in [2.24, 2.45) is 0 Å². The van der Waals surface area contributed by atoms with Gasteiger partial charge in [-0.2, -0.15) is 0 Å². The molecule has 0 heterocycles. The molecule has 3 nitrogen and oxygen atoms in total. The van der Waals surface area contributed by atoms with Crippen molar-refractivity contribution in [3.05, 3.63) is 28.2 Å². The van der Waals surface area contributed by atoms with Crippen LogP contribution in [0.25, 0.3) is 0 Å². The zero-order valence-electron chi connectivity index (χ0n) is 12.0. The van der Waals surface area contributed by atoms with E-state index in [1.165, 1.54) is 11.3 Å². The average molecular weight is 329 g/mol. The molecular weight excluding hydrogens is 304 g/mol. The third-order valence-electron chi connectivity index (χ3n) is 3.09. The lowest BCUT2D eigenvalue weighted by Gasteiger charge is -2.26. The van der Waals surface area contributed by atoms with E-state index in [9.17, 15) is 0 Å². The number of aliphatic hydroxyl groups is 1. The molecule has 0 aliphatic rings. The van der Waals surface area contributed by atoms with Crippen molar-refractivity contribution in [3.8, 4) is 0 Å². The lowest BCUT2D eigenvalue weighted by molar-refractivity contribution is 0.289. The standard InChI is InChI=1S/C15H25BrN2O/c1-3-8-17-12-13-11-14(16)6-7-15(13)18(4-2)9-5-10-19/h6-7,11,17,19H,3-5,8-10,12H2,1-2H3. The van der Waals surface area contributed by atoms with Gasteiger partial charge in [-0.3, -0.25) is 0 Å². The van der Waals surface area contributed by atoms with E-state index in [-0.39, 0.29) is 6.61 Å². The third-order valence-corrected chi connectivity index (χ3v) is 3.59. The zero-order valence-corrected chi connectivity index (χ0v) is 13.5. The van der Waals surface area contributed by atoms with Crippen molar-refractivity contribution in [1.82, 2.24) is 5.32 Å². The number of anilines is 1. The Bertz CT molecular complexity index is 371. The summed E-state index contributed by atoms with van der Waals surface area (Å²) in [6.07, 6.45) is 1.96. The Morgan fingerprint density at radius 2 is 2.11 bits per heavy atom. The molecule has 1 aromatic rings. The van der Waals surface area contributed by atoms with Crippen molar-refractivity contribution in [2.45, 2.75) is 33.2 Å². The number of aliphatic hydroxyl groups excluding tert-OH is 1. The van der Waals surface area contributed by atoms with Crippen LogP contribution >= 0.6 is 15.9 Å². The van der Waals surface area contributed by atoms with E-state index in [1.54, 1.807) is 0 Å². The van der Waals surface area contributed by atoms with Gasteiger partial charge in [-0.1, -0.05) is 22.9 Å². The predicted molar refractivity (Wildman–Crippen MR) is 85.7 cm³/mol. The van der Waals surface area contributed by atoms with E-state index < -0.39 is 0 Å². The predicted octanol–water partition coefficient (Wildman–Crippen LogP) is 3.16. The number of benzene rings is 1. The number of hydrogen-bond acceptors (Lipinski definition) is 3. The van der Waals surface area contributed by atoms with E-state index in [4.69, 9.17) is 5.11 Å². The van der Waals surface area contributed by atoms with E-state index in [1.807, 2.05) is 0 Å². The molecule has 0 saturated heterocycles. The van der Waals surface area contributed by atoms with E-state index in [2.05, 4.69) is 58.2 Å². The van der Waals surface area contributed by atoms with Crippen molar-refractivity contribution in [1.29, 1.82) is 0 Å².